The second-order valence-corrected chi connectivity index (χ2v) is 12.1. The minimum atomic E-state index is -3.76. The number of nitrogens with one attached hydrogen (secondary N) is 1. The molecule has 0 bridgehead atoms. The van der Waals surface area contributed by atoms with Gasteiger partial charge in [0.05, 0.1) is 36.2 Å². The van der Waals surface area contributed by atoms with Crippen molar-refractivity contribution in [2.24, 2.45) is 0 Å². The first-order valence-electron chi connectivity index (χ1n) is 11.2. The smallest absolute Gasteiger partial charge is 0.243 e. The lowest BCUT2D eigenvalue weighted by Gasteiger charge is -2.26. The molecular weight excluding hydrogens is 470 g/mol. The van der Waals surface area contributed by atoms with Crippen LogP contribution in [0, 0.1) is 0 Å². The number of carbonyl (C=O) groups excluding carboxylic acids is 1. The highest BCUT2D eigenvalue weighted by Gasteiger charge is 2.27. The summed E-state index contributed by atoms with van der Waals surface area (Å²) in [5.41, 5.74) is 0.221. The Morgan fingerprint density at radius 1 is 1.12 bits per heavy atom. The number of amides is 1. The number of ether oxygens (including phenoxy) is 2. The highest BCUT2D eigenvalue weighted by molar-refractivity contribution is 7.92. The fourth-order valence-electron chi connectivity index (χ4n) is 3.91. The van der Waals surface area contributed by atoms with Gasteiger partial charge in [0.25, 0.3) is 0 Å². The molecule has 10 nitrogen and oxygen atoms in total. The Bertz CT molecular complexity index is 985. The Balaban J connectivity index is 1.56. The number of hydrogen-bond donors (Lipinski definition) is 1. The second kappa shape index (κ2) is 11.6. The van der Waals surface area contributed by atoms with Crippen molar-refractivity contribution in [1.82, 2.24) is 9.62 Å². The molecule has 0 spiro atoms. The normalized spacial score (nSPS) is 18.3. The van der Waals surface area contributed by atoms with Gasteiger partial charge in [-0.15, -0.1) is 0 Å². The van der Waals surface area contributed by atoms with Crippen molar-refractivity contribution in [1.29, 1.82) is 0 Å². The summed E-state index contributed by atoms with van der Waals surface area (Å²) in [6.45, 7) is 1.76. The van der Waals surface area contributed by atoms with Gasteiger partial charge in [0.15, 0.2) is 0 Å². The molecule has 1 heterocycles. The van der Waals surface area contributed by atoms with E-state index >= 15 is 0 Å². The van der Waals surface area contributed by atoms with Crippen molar-refractivity contribution < 1.29 is 31.1 Å². The van der Waals surface area contributed by atoms with E-state index in [0.717, 1.165) is 23.4 Å². The zero-order valence-corrected chi connectivity index (χ0v) is 20.6. The fourth-order valence-corrected chi connectivity index (χ4v) is 6.18. The number of morpholine rings is 1. The number of benzene rings is 1. The van der Waals surface area contributed by atoms with Crippen LogP contribution in [0.25, 0.3) is 0 Å². The number of hydrogen-bond acceptors (Lipinski definition) is 7. The number of carbonyl (C=O) groups is 1. The Hall–Kier alpha value is -1.73. The van der Waals surface area contributed by atoms with E-state index in [4.69, 9.17) is 9.47 Å². The molecule has 186 valence electrons. The maximum absolute atomic E-state index is 12.8. The van der Waals surface area contributed by atoms with Crippen LogP contribution in [0.15, 0.2) is 29.2 Å². The van der Waals surface area contributed by atoms with E-state index in [1.54, 1.807) is 0 Å². The average Bonchev–Trinajstić information content (AvgIpc) is 3.31. The van der Waals surface area contributed by atoms with Gasteiger partial charge in [-0.1, -0.05) is 12.8 Å². The molecule has 1 aromatic rings. The van der Waals surface area contributed by atoms with Crippen molar-refractivity contribution in [2.45, 2.75) is 43.1 Å². The fraction of sp³-hybridized carbons (Fsp3) is 0.667. The zero-order chi connectivity index (χ0) is 23.9. The van der Waals surface area contributed by atoms with Gasteiger partial charge in [-0.2, -0.15) is 4.31 Å². The second-order valence-electron chi connectivity index (χ2n) is 8.26. The van der Waals surface area contributed by atoms with E-state index in [1.165, 1.54) is 41.4 Å². The predicted molar refractivity (Wildman–Crippen MR) is 124 cm³/mol. The summed E-state index contributed by atoms with van der Waals surface area (Å²) in [6.07, 6.45) is 6.54. The third-order valence-corrected chi connectivity index (χ3v) is 8.77. The van der Waals surface area contributed by atoms with Crippen LogP contribution in [0.3, 0.4) is 0 Å². The van der Waals surface area contributed by atoms with Crippen LogP contribution in [0.2, 0.25) is 0 Å². The number of nitrogens with zero attached hydrogens (tertiary/aromatic N) is 2. The summed E-state index contributed by atoms with van der Waals surface area (Å²) >= 11 is 0. The molecule has 3 rings (SSSR count). The quantitative estimate of drug-likeness (QED) is 0.446. The number of rotatable bonds is 11. The average molecular weight is 504 g/mol. The van der Waals surface area contributed by atoms with Gasteiger partial charge in [0.1, 0.15) is 6.54 Å². The SMILES string of the molecule is CS(=O)(=O)N(CC(=O)NCCCOC1CCCC1)c1ccc(S(=O)(=O)N2CCOCC2)cc1. The summed E-state index contributed by atoms with van der Waals surface area (Å²) in [5.74, 6) is -0.439. The van der Waals surface area contributed by atoms with Crippen molar-refractivity contribution >= 4 is 31.6 Å². The highest BCUT2D eigenvalue weighted by Crippen LogP contribution is 2.23. The van der Waals surface area contributed by atoms with Gasteiger partial charge < -0.3 is 14.8 Å². The van der Waals surface area contributed by atoms with Crippen molar-refractivity contribution in [2.75, 3.05) is 56.6 Å². The summed E-state index contributed by atoms with van der Waals surface area (Å²) in [7, 11) is -7.45. The third kappa shape index (κ3) is 7.38. The summed E-state index contributed by atoms with van der Waals surface area (Å²) in [4.78, 5) is 12.4. The van der Waals surface area contributed by atoms with Gasteiger partial charge in [-0.3, -0.25) is 9.10 Å². The van der Waals surface area contributed by atoms with Gasteiger partial charge in [-0.05, 0) is 43.5 Å². The molecule has 0 aromatic heterocycles. The van der Waals surface area contributed by atoms with Crippen LogP contribution in [0.4, 0.5) is 5.69 Å². The lowest BCUT2D eigenvalue weighted by atomic mass is 10.3. The standard InChI is InChI=1S/C21H33N3O7S2/c1-32(26,27)24(17-21(25)22-11-4-14-31-19-5-2-3-6-19)18-7-9-20(10-8-18)33(28,29)23-12-15-30-16-13-23/h7-10,19H,2-6,11-17H2,1H3,(H,22,25). The number of anilines is 1. The van der Waals surface area contributed by atoms with Crippen LogP contribution in [-0.4, -0.2) is 85.4 Å². The topological polar surface area (TPSA) is 122 Å². The molecule has 0 radical (unpaired) electrons. The lowest BCUT2D eigenvalue weighted by molar-refractivity contribution is -0.119. The van der Waals surface area contributed by atoms with E-state index in [-0.39, 0.29) is 23.7 Å². The van der Waals surface area contributed by atoms with E-state index in [0.29, 0.717) is 38.9 Å². The van der Waals surface area contributed by atoms with Crippen molar-refractivity contribution in [3.8, 4) is 0 Å². The maximum Gasteiger partial charge on any atom is 0.243 e. The summed E-state index contributed by atoms with van der Waals surface area (Å²) in [5, 5.41) is 2.72. The molecule has 0 unspecified atom stereocenters. The molecule has 12 heteroatoms. The molecule has 2 aliphatic rings. The van der Waals surface area contributed by atoms with E-state index < -0.39 is 32.5 Å². The molecule has 0 atom stereocenters. The van der Waals surface area contributed by atoms with Crippen LogP contribution in [0.1, 0.15) is 32.1 Å². The van der Waals surface area contributed by atoms with Crippen molar-refractivity contribution in [3.63, 3.8) is 0 Å². The molecule has 1 amide bonds. The predicted octanol–water partition coefficient (Wildman–Crippen LogP) is 0.939. The Kier molecular flexibility index (Phi) is 9.10. The van der Waals surface area contributed by atoms with E-state index in [2.05, 4.69) is 5.32 Å². The molecule has 1 aliphatic heterocycles. The first-order valence-corrected chi connectivity index (χ1v) is 14.5. The van der Waals surface area contributed by atoms with E-state index in [9.17, 15) is 21.6 Å². The lowest BCUT2D eigenvalue weighted by Crippen LogP contribution is -2.41. The molecule has 1 aromatic carbocycles. The Morgan fingerprint density at radius 2 is 1.76 bits per heavy atom. The van der Waals surface area contributed by atoms with Gasteiger partial charge in [-0.25, -0.2) is 16.8 Å². The molecule has 1 saturated carbocycles. The molecule has 1 aliphatic carbocycles. The largest absolute Gasteiger partial charge is 0.379 e. The summed E-state index contributed by atoms with van der Waals surface area (Å²) in [6, 6.07) is 5.52. The van der Waals surface area contributed by atoms with Crippen LogP contribution in [0.5, 0.6) is 0 Å². The minimum absolute atomic E-state index is 0.0633. The Labute approximate surface area is 196 Å². The molecule has 1 saturated heterocycles. The number of sulfonamides is 2. The Morgan fingerprint density at radius 3 is 2.36 bits per heavy atom. The summed E-state index contributed by atoms with van der Waals surface area (Å²) < 4.78 is 63.4. The van der Waals surface area contributed by atoms with Gasteiger partial charge in [0.2, 0.25) is 26.0 Å². The van der Waals surface area contributed by atoms with Crippen LogP contribution >= 0.6 is 0 Å². The zero-order valence-electron chi connectivity index (χ0n) is 18.9. The van der Waals surface area contributed by atoms with Crippen molar-refractivity contribution in [3.05, 3.63) is 24.3 Å². The van der Waals surface area contributed by atoms with E-state index in [1.807, 2.05) is 0 Å². The molecule has 2 fully saturated rings. The van der Waals surface area contributed by atoms with Crippen LogP contribution < -0.4 is 9.62 Å². The molecular formula is C21H33N3O7S2. The molecule has 1 N–H and O–H groups in total. The first-order chi connectivity index (χ1) is 15.7. The van der Waals surface area contributed by atoms with Gasteiger partial charge in [0, 0.05) is 26.2 Å². The van der Waals surface area contributed by atoms with Crippen LogP contribution in [-0.2, 0) is 34.3 Å². The maximum atomic E-state index is 12.8. The molecule has 33 heavy (non-hydrogen) atoms. The monoisotopic (exact) mass is 503 g/mol. The third-order valence-electron chi connectivity index (χ3n) is 5.72. The van der Waals surface area contributed by atoms with Gasteiger partial charge >= 0.3 is 0 Å². The highest BCUT2D eigenvalue weighted by atomic mass is 32.2. The minimum Gasteiger partial charge on any atom is -0.379 e. The first kappa shape index (κ1) is 25.9.